The van der Waals surface area contributed by atoms with Crippen molar-refractivity contribution in [2.45, 2.75) is 0 Å². The van der Waals surface area contributed by atoms with Gasteiger partial charge in [-0.05, 0) is 48.5 Å². The van der Waals surface area contributed by atoms with E-state index in [9.17, 15) is 4.79 Å². The van der Waals surface area contributed by atoms with E-state index in [1.807, 2.05) is 24.3 Å². The average molecular weight is 407 g/mol. The van der Waals surface area contributed by atoms with Crippen LogP contribution in [0.2, 0.25) is 10.0 Å². The summed E-state index contributed by atoms with van der Waals surface area (Å²) >= 11 is 11.8. The van der Waals surface area contributed by atoms with E-state index in [0.29, 0.717) is 32.8 Å². The largest absolute Gasteiger partial charge is 0.288 e. The summed E-state index contributed by atoms with van der Waals surface area (Å²) in [6.07, 6.45) is 5.97. The van der Waals surface area contributed by atoms with Crippen LogP contribution in [-0.2, 0) is 0 Å². The van der Waals surface area contributed by atoms with Gasteiger partial charge in [-0.1, -0.05) is 23.2 Å². The van der Waals surface area contributed by atoms with Gasteiger partial charge in [-0.25, -0.2) is 19.9 Å². The number of carbonyl (C=O) groups excluding carboxylic acids is 1. The third-order valence-electron chi connectivity index (χ3n) is 4.03. The van der Waals surface area contributed by atoms with Gasteiger partial charge in [0.15, 0.2) is 17.4 Å². The Labute approximate surface area is 171 Å². The SMILES string of the molecule is O=C(c1cnc(-c2ccc(Cl)cc2)nc1)c1cnc(-c2ccc(Cl)cc2)nc1. The maximum Gasteiger partial charge on any atom is 0.199 e. The van der Waals surface area contributed by atoms with Gasteiger partial charge in [-0.3, -0.25) is 4.79 Å². The quantitative estimate of drug-likeness (QED) is 0.439. The molecule has 7 heteroatoms. The normalized spacial score (nSPS) is 10.6. The second-order valence-electron chi connectivity index (χ2n) is 5.93. The first-order valence-corrected chi connectivity index (χ1v) is 9.06. The molecule has 0 unspecified atom stereocenters. The highest BCUT2D eigenvalue weighted by Gasteiger charge is 2.13. The number of ketones is 1. The molecule has 0 radical (unpaired) electrons. The first-order valence-electron chi connectivity index (χ1n) is 8.31. The monoisotopic (exact) mass is 406 g/mol. The lowest BCUT2D eigenvalue weighted by Gasteiger charge is -2.04. The van der Waals surface area contributed by atoms with Gasteiger partial charge in [0.2, 0.25) is 0 Å². The van der Waals surface area contributed by atoms with Crippen molar-refractivity contribution in [2.75, 3.05) is 0 Å². The van der Waals surface area contributed by atoms with Crippen LogP contribution in [0.4, 0.5) is 0 Å². The molecule has 2 aromatic carbocycles. The fraction of sp³-hybridized carbons (Fsp3) is 0. The van der Waals surface area contributed by atoms with Crippen molar-refractivity contribution in [3.8, 4) is 22.8 Å². The molecule has 0 bridgehead atoms. The van der Waals surface area contributed by atoms with Crippen LogP contribution < -0.4 is 0 Å². The molecule has 4 rings (SSSR count). The van der Waals surface area contributed by atoms with Crippen LogP contribution in [0.15, 0.2) is 73.3 Å². The summed E-state index contributed by atoms with van der Waals surface area (Å²) < 4.78 is 0. The zero-order valence-electron chi connectivity index (χ0n) is 14.4. The van der Waals surface area contributed by atoms with Gasteiger partial charge in [0.25, 0.3) is 0 Å². The van der Waals surface area contributed by atoms with E-state index in [1.54, 1.807) is 24.3 Å². The zero-order valence-corrected chi connectivity index (χ0v) is 15.9. The van der Waals surface area contributed by atoms with Gasteiger partial charge in [0, 0.05) is 46.0 Å². The first-order chi connectivity index (χ1) is 13.6. The first kappa shape index (κ1) is 18.2. The van der Waals surface area contributed by atoms with E-state index in [1.165, 1.54) is 24.8 Å². The van der Waals surface area contributed by atoms with Crippen LogP contribution in [0.25, 0.3) is 22.8 Å². The Bertz CT molecular complexity index is 1020. The summed E-state index contributed by atoms with van der Waals surface area (Å²) in [5.74, 6) is 0.787. The van der Waals surface area contributed by atoms with Crippen LogP contribution in [0.3, 0.4) is 0 Å². The van der Waals surface area contributed by atoms with Crippen molar-refractivity contribution < 1.29 is 4.79 Å². The summed E-state index contributed by atoms with van der Waals surface area (Å²) in [6, 6.07) is 14.3. The maximum atomic E-state index is 12.6. The molecule has 2 heterocycles. The Morgan fingerprint density at radius 1 is 0.571 bits per heavy atom. The molecule has 4 aromatic rings. The summed E-state index contributed by atoms with van der Waals surface area (Å²) in [5, 5.41) is 1.27. The second-order valence-corrected chi connectivity index (χ2v) is 6.81. The Morgan fingerprint density at radius 3 is 1.21 bits per heavy atom. The minimum absolute atomic E-state index is 0.245. The summed E-state index contributed by atoms with van der Waals surface area (Å²) in [6.45, 7) is 0. The van der Waals surface area contributed by atoms with E-state index < -0.39 is 0 Å². The number of rotatable bonds is 4. The number of carbonyl (C=O) groups is 1. The molecule has 5 nitrogen and oxygen atoms in total. The molecule has 0 aliphatic carbocycles. The van der Waals surface area contributed by atoms with E-state index in [2.05, 4.69) is 19.9 Å². The Balaban J connectivity index is 1.54. The van der Waals surface area contributed by atoms with Crippen LogP contribution in [0.5, 0.6) is 0 Å². The molecule has 0 fully saturated rings. The van der Waals surface area contributed by atoms with Gasteiger partial charge < -0.3 is 0 Å². The molecule has 0 saturated heterocycles. The molecule has 0 aliphatic rings. The molecule has 0 saturated carbocycles. The lowest BCUT2D eigenvalue weighted by molar-refractivity contribution is 0.103. The standard InChI is InChI=1S/C21H12Cl2N4O/c22-17-5-1-13(2-6-17)20-24-9-15(10-25-20)19(28)16-11-26-21(27-12-16)14-3-7-18(23)8-4-14/h1-12H. The van der Waals surface area contributed by atoms with Crippen molar-refractivity contribution >= 4 is 29.0 Å². The van der Waals surface area contributed by atoms with Gasteiger partial charge in [0.1, 0.15) is 0 Å². The van der Waals surface area contributed by atoms with Crippen LogP contribution in [-0.4, -0.2) is 25.7 Å². The molecule has 0 N–H and O–H groups in total. The van der Waals surface area contributed by atoms with Crippen LogP contribution in [0.1, 0.15) is 15.9 Å². The summed E-state index contributed by atoms with van der Waals surface area (Å²) in [4.78, 5) is 29.7. The van der Waals surface area contributed by atoms with Crippen molar-refractivity contribution in [3.05, 3.63) is 94.5 Å². The zero-order chi connectivity index (χ0) is 19.5. The van der Waals surface area contributed by atoms with E-state index in [4.69, 9.17) is 23.2 Å². The molecule has 136 valence electrons. The van der Waals surface area contributed by atoms with Crippen molar-refractivity contribution in [2.24, 2.45) is 0 Å². The third-order valence-corrected chi connectivity index (χ3v) is 4.54. The fourth-order valence-corrected chi connectivity index (χ4v) is 2.81. The third kappa shape index (κ3) is 3.91. The number of halogens is 2. The highest BCUT2D eigenvalue weighted by molar-refractivity contribution is 6.30. The summed E-state index contributed by atoms with van der Waals surface area (Å²) in [5.41, 5.74) is 2.36. The Hall–Kier alpha value is -3.15. The van der Waals surface area contributed by atoms with Crippen molar-refractivity contribution in [1.82, 2.24) is 19.9 Å². The van der Waals surface area contributed by atoms with E-state index in [-0.39, 0.29) is 5.78 Å². The number of aromatic nitrogens is 4. The van der Waals surface area contributed by atoms with E-state index >= 15 is 0 Å². The van der Waals surface area contributed by atoms with Crippen molar-refractivity contribution in [3.63, 3.8) is 0 Å². The van der Waals surface area contributed by atoms with Crippen LogP contribution >= 0.6 is 23.2 Å². The second kappa shape index (κ2) is 7.84. The minimum Gasteiger partial charge on any atom is -0.288 e. The van der Waals surface area contributed by atoms with E-state index in [0.717, 1.165) is 11.1 Å². The molecule has 0 amide bonds. The number of hydrogen-bond donors (Lipinski definition) is 0. The summed E-state index contributed by atoms with van der Waals surface area (Å²) in [7, 11) is 0. The maximum absolute atomic E-state index is 12.6. The lowest BCUT2D eigenvalue weighted by atomic mass is 10.1. The highest BCUT2D eigenvalue weighted by atomic mass is 35.5. The topological polar surface area (TPSA) is 68.6 Å². The number of hydrogen-bond acceptors (Lipinski definition) is 5. The lowest BCUT2D eigenvalue weighted by Crippen LogP contribution is -2.05. The molecule has 0 aliphatic heterocycles. The Kier molecular flexibility index (Phi) is 5.10. The molecular weight excluding hydrogens is 395 g/mol. The minimum atomic E-state index is -0.245. The van der Waals surface area contributed by atoms with Gasteiger partial charge in [0.05, 0.1) is 11.1 Å². The Morgan fingerprint density at radius 2 is 0.893 bits per heavy atom. The molecule has 0 spiro atoms. The van der Waals surface area contributed by atoms with Gasteiger partial charge in [-0.15, -0.1) is 0 Å². The molecule has 28 heavy (non-hydrogen) atoms. The molecule has 2 aromatic heterocycles. The van der Waals surface area contributed by atoms with Crippen LogP contribution in [0, 0.1) is 0 Å². The number of nitrogens with zero attached hydrogens (tertiary/aromatic N) is 4. The number of benzene rings is 2. The molecule has 0 atom stereocenters. The predicted octanol–water partition coefficient (Wildman–Crippen LogP) is 5.14. The van der Waals surface area contributed by atoms with Gasteiger partial charge in [-0.2, -0.15) is 0 Å². The molecular formula is C21H12Cl2N4O. The fourth-order valence-electron chi connectivity index (χ4n) is 2.55. The average Bonchev–Trinajstić information content (AvgIpc) is 2.75. The highest BCUT2D eigenvalue weighted by Crippen LogP contribution is 2.20. The van der Waals surface area contributed by atoms with Crippen molar-refractivity contribution in [1.29, 1.82) is 0 Å². The predicted molar refractivity (Wildman–Crippen MR) is 108 cm³/mol. The smallest absolute Gasteiger partial charge is 0.199 e. The van der Waals surface area contributed by atoms with Gasteiger partial charge >= 0.3 is 0 Å².